The molecule has 1 aromatic rings. The van der Waals surface area contributed by atoms with Crippen molar-refractivity contribution in [2.24, 2.45) is 0 Å². The number of hydrogen-bond acceptors (Lipinski definition) is 2. The Morgan fingerprint density at radius 1 is 1.00 bits per heavy atom. The van der Waals surface area contributed by atoms with Gasteiger partial charge in [0.25, 0.3) is 5.56 Å². The monoisotopic (exact) mass is 295 g/mol. The van der Waals surface area contributed by atoms with Gasteiger partial charge in [-0.15, -0.1) is 0 Å². The molecule has 21 heavy (non-hydrogen) atoms. The van der Waals surface area contributed by atoms with Crippen LogP contribution in [0.25, 0.3) is 0 Å². The fourth-order valence-corrected chi connectivity index (χ4v) is 2.65. The second-order valence-electron chi connectivity index (χ2n) is 7.78. The number of aromatic nitrogens is 3. The maximum absolute atomic E-state index is 12.5. The van der Waals surface area contributed by atoms with Gasteiger partial charge in [-0.1, -0.05) is 66.2 Å². The largest absolute Gasteiger partial charge is 0.290 e. The molecule has 122 valence electrons. The summed E-state index contributed by atoms with van der Waals surface area (Å²) in [6, 6.07) is 0. The molecule has 0 aliphatic carbocycles. The number of aromatic amines is 1. The highest BCUT2D eigenvalue weighted by Gasteiger charge is 2.28. The van der Waals surface area contributed by atoms with Gasteiger partial charge in [0.05, 0.1) is 5.54 Å². The van der Waals surface area contributed by atoms with E-state index in [1.54, 1.807) is 4.68 Å². The molecule has 1 heterocycles. The van der Waals surface area contributed by atoms with Crippen molar-refractivity contribution in [2.75, 3.05) is 0 Å². The molecule has 0 spiro atoms. The van der Waals surface area contributed by atoms with Crippen molar-refractivity contribution in [1.29, 1.82) is 0 Å². The highest BCUT2D eigenvalue weighted by atomic mass is 16.1. The Balaban J connectivity index is 2.63. The van der Waals surface area contributed by atoms with Crippen molar-refractivity contribution < 1.29 is 0 Å². The molecule has 0 unspecified atom stereocenters. The second-order valence-corrected chi connectivity index (χ2v) is 7.78. The van der Waals surface area contributed by atoms with E-state index in [-0.39, 0.29) is 16.5 Å². The average molecular weight is 295 g/mol. The van der Waals surface area contributed by atoms with Gasteiger partial charge < -0.3 is 0 Å². The molecule has 4 nitrogen and oxygen atoms in total. The van der Waals surface area contributed by atoms with E-state index in [1.807, 2.05) is 20.8 Å². The highest BCUT2D eigenvalue weighted by molar-refractivity contribution is 5.08. The summed E-state index contributed by atoms with van der Waals surface area (Å²) in [6.07, 6.45) is 8.66. The molecule has 0 saturated carbocycles. The lowest BCUT2D eigenvalue weighted by molar-refractivity contribution is 0.271. The molecule has 0 radical (unpaired) electrons. The number of rotatable bonds is 8. The third-order valence-electron chi connectivity index (χ3n) is 4.13. The number of nitrogens with zero attached hydrogens (tertiary/aromatic N) is 2. The van der Waals surface area contributed by atoms with Gasteiger partial charge in [0.15, 0.2) is 0 Å². The van der Waals surface area contributed by atoms with Crippen LogP contribution < -0.4 is 5.56 Å². The van der Waals surface area contributed by atoms with Crippen LogP contribution in [0.5, 0.6) is 0 Å². The number of H-pyrrole nitrogens is 1. The lowest BCUT2D eigenvalue weighted by atomic mass is 9.92. The molecule has 0 atom stereocenters. The predicted octanol–water partition coefficient (Wildman–Crippen LogP) is 4.35. The summed E-state index contributed by atoms with van der Waals surface area (Å²) in [5.41, 5.74) is 0.241. The Hall–Kier alpha value is -1.06. The van der Waals surface area contributed by atoms with Crippen molar-refractivity contribution in [1.82, 2.24) is 15.0 Å². The molecule has 4 heteroatoms. The molecule has 0 aromatic carbocycles. The van der Waals surface area contributed by atoms with Crippen LogP contribution >= 0.6 is 0 Å². The zero-order valence-electron chi connectivity index (χ0n) is 14.8. The first-order chi connectivity index (χ1) is 9.70. The van der Waals surface area contributed by atoms with Crippen molar-refractivity contribution in [2.45, 2.75) is 97.4 Å². The predicted molar refractivity (Wildman–Crippen MR) is 88.9 cm³/mol. The van der Waals surface area contributed by atoms with Gasteiger partial charge in [-0.2, -0.15) is 5.10 Å². The second kappa shape index (κ2) is 7.28. The van der Waals surface area contributed by atoms with Gasteiger partial charge in [0, 0.05) is 5.41 Å². The highest BCUT2D eigenvalue weighted by Crippen LogP contribution is 2.23. The van der Waals surface area contributed by atoms with Crippen LogP contribution in [-0.4, -0.2) is 15.0 Å². The molecular weight excluding hydrogens is 262 g/mol. The fourth-order valence-electron chi connectivity index (χ4n) is 2.65. The smallest absolute Gasteiger partial charge is 0.266 e. The van der Waals surface area contributed by atoms with Crippen molar-refractivity contribution in [3.8, 4) is 0 Å². The normalized spacial score (nSPS) is 12.9. The maximum atomic E-state index is 12.5. The van der Waals surface area contributed by atoms with Gasteiger partial charge in [-0.3, -0.25) is 4.79 Å². The van der Waals surface area contributed by atoms with Crippen LogP contribution in [0.3, 0.4) is 0 Å². The summed E-state index contributed by atoms with van der Waals surface area (Å²) in [7, 11) is 0. The van der Waals surface area contributed by atoms with E-state index in [2.05, 4.69) is 31.1 Å². The molecule has 0 amide bonds. The summed E-state index contributed by atoms with van der Waals surface area (Å²) < 4.78 is 1.71. The Kier molecular flexibility index (Phi) is 6.24. The summed E-state index contributed by atoms with van der Waals surface area (Å²) >= 11 is 0. The molecule has 0 aliphatic heterocycles. The van der Waals surface area contributed by atoms with Crippen LogP contribution in [-0.2, 0) is 11.0 Å². The van der Waals surface area contributed by atoms with Crippen LogP contribution in [0.2, 0.25) is 0 Å². The van der Waals surface area contributed by atoms with E-state index in [9.17, 15) is 4.79 Å². The van der Waals surface area contributed by atoms with Gasteiger partial charge in [0.2, 0.25) is 0 Å². The summed E-state index contributed by atoms with van der Waals surface area (Å²) in [6.45, 7) is 12.5. The van der Waals surface area contributed by atoms with Crippen LogP contribution in [0, 0.1) is 0 Å². The zero-order valence-corrected chi connectivity index (χ0v) is 14.8. The quantitative estimate of drug-likeness (QED) is 0.725. The van der Waals surface area contributed by atoms with Gasteiger partial charge in [-0.05, 0) is 20.3 Å². The minimum Gasteiger partial charge on any atom is -0.266 e. The minimum absolute atomic E-state index is 0.0264. The topological polar surface area (TPSA) is 50.7 Å². The summed E-state index contributed by atoms with van der Waals surface area (Å²) in [5.74, 6) is 0. The number of unbranched alkanes of at least 4 members (excludes halogenated alkanes) is 5. The van der Waals surface area contributed by atoms with Gasteiger partial charge in [0.1, 0.15) is 5.69 Å². The first-order valence-electron chi connectivity index (χ1n) is 8.38. The molecular formula is C17H33N3O. The van der Waals surface area contributed by atoms with Crippen LogP contribution in [0.4, 0.5) is 0 Å². The lowest BCUT2D eigenvalue weighted by Crippen LogP contribution is -2.37. The first kappa shape index (κ1) is 18.0. The molecule has 1 N–H and O–H groups in total. The van der Waals surface area contributed by atoms with E-state index in [0.29, 0.717) is 5.69 Å². The molecule has 1 rings (SSSR count). The fraction of sp³-hybridized carbons (Fsp3) is 0.882. The maximum Gasteiger partial charge on any atom is 0.290 e. The Morgan fingerprint density at radius 3 is 2.10 bits per heavy atom. The van der Waals surface area contributed by atoms with E-state index in [1.165, 1.54) is 32.1 Å². The third kappa shape index (κ3) is 5.01. The third-order valence-corrected chi connectivity index (χ3v) is 4.13. The summed E-state index contributed by atoms with van der Waals surface area (Å²) in [4.78, 5) is 12.5. The molecule has 1 aromatic heterocycles. The summed E-state index contributed by atoms with van der Waals surface area (Å²) in [5, 5.41) is 7.18. The average Bonchev–Trinajstić information content (AvgIpc) is 2.76. The van der Waals surface area contributed by atoms with Crippen molar-refractivity contribution >= 4 is 0 Å². The number of nitrogens with one attached hydrogen (secondary N) is 1. The molecule has 0 saturated heterocycles. The minimum atomic E-state index is -0.213. The molecule has 0 aliphatic rings. The molecule has 0 bridgehead atoms. The lowest BCUT2D eigenvalue weighted by Gasteiger charge is -2.25. The van der Waals surface area contributed by atoms with Crippen molar-refractivity contribution in [3.05, 3.63) is 16.0 Å². The van der Waals surface area contributed by atoms with Crippen LogP contribution in [0.1, 0.15) is 92.2 Å². The van der Waals surface area contributed by atoms with Crippen molar-refractivity contribution in [3.63, 3.8) is 0 Å². The van der Waals surface area contributed by atoms with E-state index in [4.69, 9.17) is 0 Å². The number of hydrogen-bond donors (Lipinski definition) is 1. The van der Waals surface area contributed by atoms with E-state index < -0.39 is 0 Å². The van der Waals surface area contributed by atoms with Gasteiger partial charge >= 0.3 is 0 Å². The Labute approximate surface area is 129 Å². The zero-order chi connectivity index (χ0) is 16.1. The molecule has 0 fully saturated rings. The standard InChI is InChI=1S/C17H33N3O/c1-7-8-9-10-11-12-13-17(5,6)20-15(21)14(18-19-20)16(2,3)4/h19H,7-13H2,1-6H3. The van der Waals surface area contributed by atoms with Crippen LogP contribution in [0.15, 0.2) is 4.79 Å². The Bertz CT molecular complexity index is 477. The van der Waals surface area contributed by atoms with Gasteiger partial charge in [-0.25, -0.2) is 9.90 Å². The Morgan fingerprint density at radius 2 is 1.57 bits per heavy atom. The van der Waals surface area contributed by atoms with E-state index in [0.717, 1.165) is 12.8 Å². The first-order valence-corrected chi connectivity index (χ1v) is 8.38. The SMILES string of the molecule is CCCCCCCCC(C)(C)n1[nH]nc(C(C)(C)C)c1=O. The van der Waals surface area contributed by atoms with E-state index >= 15 is 0 Å².